The molecule has 2 aromatic carbocycles. The molecular formula is C29H32ClN5O5. The fraction of sp³-hybridized carbons (Fsp3) is 0.276. The second kappa shape index (κ2) is 13.6. The summed E-state index contributed by atoms with van der Waals surface area (Å²) in [5.74, 6) is -0.385. The third kappa shape index (κ3) is 7.35. The Kier molecular flexibility index (Phi) is 10.2. The number of ether oxygens (including phenoxy) is 2. The van der Waals surface area contributed by atoms with E-state index in [4.69, 9.17) is 20.6 Å². The molecule has 2 amide bonds. The topological polar surface area (TPSA) is 148 Å². The van der Waals surface area contributed by atoms with E-state index in [1.54, 1.807) is 41.4 Å². The Bertz CT molecular complexity index is 1370. The van der Waals surface area contributed by atoms with Gasteiger partial charge in [-0.25, -0.2) is 0 Å². The predicted octanol–water partition coefficient (Wildman–Crippen LogP) is 3.89. The first-order chi connectivity index (χ1) is 18.7. The molecule has 1 aromatic heterocycles. The van der Waals surface area contributed by atoms with Gasteiger partial charge >= 0.3 is 5.97 Å². The van der Waals surface area contributed by atoms with Crippen LogP contribution in [-0.4, -0.2) is 59.8 Å². The Morgan fingerprint density at radius 3 is 2.45 bits per heavy atom. The number of likely N-dealkylation sites (tertiary alicyclic amines) is 1. The van der Waals surface area contributed by atoms with E-state index in [0.717, 1.165) is 11.1 Å². The molecule has 11 heteroatoms. The highest BCUT2D eigenvalue weighted by atomic mass is 35.5. The average molecular weight is 566 g/mol. The van der Waals surface area contributed by atoms with Crippen molar-refractivity contribution in [1.29, 1.82) is 5.41 Å². The van der Waals surface area contributed by atoms with Crippen molar-refractivity contribution < 1.29 is 23.9 Å². The summed E-state index contributed by atoms with van der Waals surface area (Å²) in [6.07, 6.45) is 3.89. The number of amidine groups is 1. The molecule has 0 bridgehead atoms. The van der Waals surface area contributed by atoms with E-state index in [2.05, 4.69) is 10.3 Å². The van der Waals surface area contributed by atoms with Gasteiger partial charge in [-0.2, -0.15) is 0 Å². The van der Waals surface area contributed by atoms with Gasteiger partial charge in [0, 0.05) is 31.4 Å². The first-order valence-corrected chi connectivity index (χ1v) is 12.5. The van der Waals surface area contributed by atoms with Crippen molar-refractivity contribution in [1.82, 2.24) is 9.88 Å². The first-order valence-electron chi connectivity index (χ1n) is 12.5. The molecule has 10 nitrogen and oxygen atoms in total. The number of nitrogen functional groups attached to an aromatic ring is 1. The molecule has 210 valence electrons. The fourth-order valence-corrected chi connectivity index (χ4v) is 4.69. The Labute approximate surface area is 238 Å². The summed E-state index contributed by atoms with van der Waals surface area (Å²) in [5, 5.41) is 10.4. The van der Waals surface area contributed by atoms with Gasteiger partial charge in [0.15, 0.2) is 0 Å². The molecule has 1 fully saturated rings. The van der Waals surface area contributed by atoms with Gasteiger partial charge in [-0.1, -0.05) is 30.3 Å². The number of hydrogen-bond acceptors (Lipinski definition) is 7. The minimum Gasteiger partial charge on any atom is -0.489 e. The maximum absolute atomic E-state index is 13.3. The Hall–Kier alpha value is -4.44. The zero-order valence-corrected chi connectivity index (χ0v) is 23.1. The standard InChI is InChI=1S/C29H31N5O5.ClH/c1-18(35)33-25-14-22(20-5-7-21(8-6-20)28(30)31)9-10-26(25)39-17-24-12-19(13-27(36)38-2)16-34(24)29(37)23-4-3-11-32-15-23;/h3-11,14-15,19,24H,12-13,16-17H2,1-2H3,(H3,30,31)(H,33,35);1H/t19-,24-;/m0./s1. The van der Waals surface area contributed by atoms with Gasteiger partial charge in [0.1, 0.15) is 18.2 Å². The lowest BCUT2D eigenvalue weighted by atomic mass is 10.0. The van der Waals surface area contributed by atoms with Crippen molar-refractivity contribution in [2.45, 2.75) is 25.8 Å². The summed E-state index contributed by atoms with van der Waals surface area (Å²) in [4.78, 5) is 42.9. The summed E-state index contributed by atoms with van der Waals surface area (Å²) < 4.78 is 11.0. The molecule has 3 aromatic rings. The van der Waals surface area contributed by atoms with Crippen LogP contribution in [0.2, 0.25) is 0 Å². The van der Waals surface area contributed by atoms with Gasteiger partial charge in [-0.3, -0.25) is 24.8 Å². The SMILES string of the molecule is COC(=O)C[C@@H]1C[C@@H](COc2ccc(-c3ccc(C(=N)N)cc3)cc2NC(C)=O)N(C(=O)c2cccnc2)C1.Cl. The van der Waals surface area contributed by atoms with Crippen LogP contribution >= 0.6 is 12.4 Å². The summed E-state index contributed by atoms with van der Waals surface area (Å²) >= 11 is 0. The minimum atomic E-state index is -0.324. The number of carbonyl (C=O) groups excluding carboxylic acids is 3. The number of nitrogens with zero attached hydrogens (tertiary/aromatic N) is 2. The number of pyridine rings is 1. The molecule has 0 aliphatic carbocycles. The van der Waals surface area contributed by atoms with E-state index in [0.29, 0.717) is 35.5 Å². The van der Waals surface area contributed by atoms with E-state index in [9.17, 15) is 14.4 Å². The van der Waals surface area contributed by atoms with E-state index in [1.807, 2.05) is 24.3 Å². The molecule has 0 spiro atoms. The van der Waals surface area contributed by atoms with Crippen LogP contribution in [0.5, 0.6) is 5.75 Å². The molecule has 1 saturated heterocycles. The van der Waals surface area contributed by atoms with Gasteiger partial charge < -0.3 is 25.4 Å². The number of benzene rings is 2. The van der Waals surface area contributed by atoms with Crippen LogP contribution in [0, 0.1) is 11.3 Å². The van der Waals surface area contributed by atoms with Crippen LogP contribution in [0.1, 0.15) is 35.7 Å². The Balaban J connectivity index is 0.00000441. The molecule has 0 saturated carbocycles. The van der Waals surface area contributed by atoms with Crippen LogP contribution in [-0.2, 0) is 14.3 Å². The van der Waals surface area contributed by atoms with Crippen molar-refractivity contribution in [3.63, 3.8) is 0 Å². The van der Waals surface area contributed by atoms with Gasteiger partial charge in [0.25, 0.3) is 5.91 Å². The molecular weight excluding hydrogens is 534 g/mol. The van der Waals surface area contributed by atoms with Gasteiger partial charge in [0.05, 0.1) is 30.8 Å². The normalized spacial score (nSPS) is 16.0. The van der Waals surface area contributed by atoms with Crippen LogP contribution in [0.15, 0.2) is 67.0 Å². The third-order valence-electron chi connectivity index (χ3n) is 6.60. The van der Waals surface area contributed by atoms with Gasteiger partial charge in [0.2, 0.25) is 5.91 Å². The number of amides is 2. The van der Waals surface area contributed by atoms with Crippen molar-refractivity contribution in [2.24, 2.45) is 11.7 Å². The average Bonchev–Trinajstić information content (AvgIpc) is 3.34. The summed E-state index contributed by atoms with van der Waals surface area (Å²) in [6.45, 7) is 1.98. The molecule has 4 N–H and O–H groups in total. The zero-order valence-electron chi connectivity index (χ0n) is 22.3. The minimum absolute atomic E-state index is 0. The lowest BCUT2D eigenvalue weighted by molar-refractivity contribution is -0.141. The highest BCUT2D eigenvalue weighted by molar-refractivity contribution is 5.96. The van der Waals surface area contributed by atoms with E-state index < -0.39 is 0 Å². The largest absolute Gasteiger partial charge is 0.489 e. The molecule has 4 rings (SSSR count). The van der Waals surface area contributed by atoms with Crippen LogP contribution in [0.25, 0.3) is 11.1 Å². The lowest BCUT2D eigenvalue weighted by Crippen LogP contribution is -2.39. The second-order valence-corrected chi connectivity index (χ2v) is 9.43. The zero-order chi connectivity index (χ0) is 27.9. The van der Waals surface area contributed by atoms with E-state index >= 15 is 0 Å². The van der Waals surface area contributed by atoms with Crippen molar-refractivity contribution in [3.8, 4) is 16.9 Å². The predicted molar refractivity (Wildman–Crippen MR) is 154 cm³/mol. The maximum atomic E-state index is 13.3. The van der Waals surface area contributed by atoms with Gasteiger partial charge in [-0.15, -0.1) is 12.4 Å². The summed E-state index contributed by atoms with van der Waals surface area (Å²) in [5.41, 5.74) is 8.85. The van der Waals surface area contributed by atoms with Crippen LogP contribution < -0.4 is 15.8 Å². The quantitative estimate of drug-likeness (QED) is 0.202. The highest BCUT2D eigenvalue weighted by Crippen LogP contribution is 2.33. The highest BCUT2D eigenvalue weighted by Gasteiger charge is 2.37. The molecule has 2 heterocycles. The number of nitrogens with one attached hydrogen (secondary N) is 2. The third-order valence-corrected chi connectivity index (χ3v) is 6.60. The maximum Gasteiger partial charge on any atom is 0.305 e. The molecule has 0 radical (unpaired) electrons. The fourth-order valence-electron chi connectivity index (χ4n) is 4.69. The van der Waals surface area contributed by atoms with Gasteiger partial charge in [-0.05, 0) is 47.7 Å². The summed E-state index contributed by atoms with van der Waals surface area (Å²) in [6, 6.07) is 15.8. The number of hydrogen-bond donors (Lipinski definition) is 3. The molecule has 2 atom stereocenters. The molecule has 0 unspecified atom stereocenters. The number of anilines is 1. The number of rotatable bonds is 9. The Morgan fingerprint density at radius 1 is 1.10 bits per heavy atom. The van der Waals surface area contributed by atoms with Crippen LogP contribution in [0.3, 0.4) is 0 Å². The first kappa shape index (κ1) is 30.1. The Morgan fingerprint density at radius 2 is 1.82 bits per heavy atom. The van der Waals surface area contributed by atoms with E-state index in [-0.39, 0.29) is 61.0 Å². The number of methoxy groups -OCH3 is 1. The van der Waals surface area contributed by atoms with Crippen molar-refractivity contribution in [3.05, 3.63) is 78.1 Å². The smallest absolute Gasteiger partial charge is 0.305 e. The van der Waals surface area contributed by atoms with Crippen LogP contribution in [0.4, 0.5) is 5.69 Å². The lowest BCUT2D eigenvalue weighted by Gasteiger charge is -2.25. The van der Waals surface area contributed by atoms with Crippen molar-refractivity contribution in [2.75, 3.05) is 25.6 Å². The molecule has 1 aliphatic rings. The molecule has 40 heavy (non-hydrogen) atoms. The van der Waals surface area contributed by atoms with Crippen molar-refractivity contribution >= 4 is 41.7 Å². The van der Waals surface area contributed by atoms with E-state index in [1.165, 1.54) is 20.2 Å². The number of nitrogens with two attached hydrogens (primary N) is 1. The number of esters is 1. The molecule has 1 aliphatic heterocycles. The monoisotopic (exact) mass is 565 g/mol. The second-order valence-electron chi connectivity index (χ2n) is 9.43. The number of aromatic nitrogens is 1. The number of carbonyl (C=O) groups is 3. The summed E-state index contributed by atoms with van der Waals surface area (Å²) in [7, 11) is 1.35. The number of halogens is 1.